The van der Waals surface area contributed by atoms with E-state index in [2.05, 4.69) is 10.9 Å². The molecule has 2 aromatic rings. The van der Waals surface area contributed by atoms with Gasteiger partial charge in [0.25, 0.3) is 11.8 Å². The summed E-state index contributed by atoms with van der Waals surface area (Å²) in [6.45, 7) is 1.81. The molecule has 0 atom stereocenters. The number of amides is 2. The van der Waals surface area contributed by atoms with Gasteiger partial charge in [0.05, 0.1) is 4.90 Å². The molecule has 0 unspecified atom stereocenters. The zero-order valence-electron chi connectivity index (χ0n) is 17.2. The number of carbonyl (C=O) groups excluding carboxylic acids is 2. The van der Waals surface area contributed by atoms with E-state index < -0.39 is 21.8 Å². The van der Waals surface area contributed by atoms with Gasteiger partial charge in [-0.15, -0.1) is 0 Å². The van der Waals surface area contributed by atoms with E-state index >= 15 is 0 Å². The first-order chi connectivity index (χ1) is 14.3. The second-order valence-corrected chi connectivity index (χ2v) is 9.56. The third-order valence-corrected chi connectivity index (χ3v) is 7.49. The molecule has 8 heteroatoms. The Morgan fingerprint density at radius 1 is 0.900 bits per heavy atom. The predicted octanol–water partition coefficient (Wildman–Crippen LogP) is 3.02. The Morgan fingerprint density at radius 3 is 2.13 bits per heavy atom. The number of benzene rings is 2. The molecule has 0 spiro atoms. The van der Waals surface area contributed by atoms with Crippen molar-refractivity contribution in [2.75, 3.05) is 7.05 Å². The summed E-state index contributed by atoms with van der Waals surface area (Å²) in [5, 5.41) is 0. The Morgan fingerprint density at radius 2 is 1.50 bits per heavy atom. The average molecular weight is 430 g/mol. The van der Waals surface area contributed by atoms with Gasteiger partial charge in [-0.25, -0.2) is 8.42 Å². The van der Waals surface area contributed by atoms with Crippen LogP contribution >= 0.6 is 0 Å². The smallest absolute Gasteiger partial charge is 0.267 e. The number of nitrogens with one attached hydrogen (secondary N) is 2. The van der Waals surface area contributed by atoms with Gasteiger partial charge in [-0.05, 0) is 55.7 Å². The van der Waals surface area contributed by atoms with E-state index in [1.54, 1.807) is 32.2 Å². The van der Waals surface area contributed by atoms with Crippen molar-refractivity contribution < 1.29 is 18.0 Å². The van der Waals surface area contributed by atoms with Gasteiger partial charge < -0.3 is 0 Å². The molecule has 1 saturated carbocycles. The molecule has 0 saturated heterocycles. The number of hydrazine groups is 1. The number of nitrogens with zero attached hydrogens (tertiary/aromatic N) is 1. The Kier molecular flexibility index (Phi) is 6.89. The summed E-state index contributed by atoms with van der Waals surface area (Å²) in [5.74, 6) is -0.948. The highest BCUT2D eigenvalue weighted by Crippen LogP contribution is 2.26. The van der Waals surface area contributed by atoms with Crippen molar-refractivity contribution in [3.63, 3.8) is 0 Å². The van der Waals surface area contributed by atoms with Crippen molar-refractivity contribution in [1.29, 1.82) is 0 Å². The topological polar surface area (TPSA) is 95.6 Å². The zero-order valence-corrected chi connectivity index (χ0v) is 18.0. The second-order valence-electron chi connectivity index (χ2n) is 7.56. The Bertz CT molecular complexity index is 1010. The molecule has 7 nitrogen and oxygen atoms in total. The van der Waals surface area contributed by atoms with Gasteiger partial charge in [-0.1, -0.05) is 37.5 Å². The summed E-state index contributed by atoms with van der Waals surface area (Å²) in [7, 11) is -2.00. The maximum Gasteiger partial charge on any atom is 0.269 e. The third-order valence-electron chi connectivity index (χ3n) is 5.56. The lowest BCUT2D eigenvalue weighted by molar-refractivity contribution is 0.0846. The quantitative estimate of drug-likeness (QED) is 0.714. The van der Waals surface area contributed by atoms with E-state index in [0.29, 0.717) is 5.56 Å². The highest BCUT2D eigenvalue weighted by molar-refractivity contribution is 7.89. The molecule has 30 heavy (non-hydrogen) atoms. The average Bonchev–Trinajstić information content (AvgIpc) is 2.77. The van der Waals surface area contributed by atoms with Crippen molar-refractivity contribution in [2.24, 2.45) is 0 Å². The molecule has 0 heterocycles. The number of sulfonamides is 1. The van der Waals surface area contributed by atoms with E-state index in [9.17, 15) is 18.0 Å². The molecular formula is C22H27N3O4S. The fraction of sp³-hybridized carbons (Fsp3) is 0.364. The lowest BCUT2D eigenvalue weighted by Crippen LogP contribution is -2.41. The molecule has 0 bridgehead atoms. The van der Waals surface area contributed by atoms with Gasteiger partial charge in [-0.3, -0.25) is 20.4 Å². The molecule has 0 aliphatic heterocycles. The first-order valence-corrected chi connectivity index (χ1v) is 11.5. The van der Waals surface area contributed by atoms with Crippen LogP contribution in [0, 0.1) is 6.92 Å². The lowest BCUT2D eigenvalue weighted by Gasteiger charge is -2.30. The molecule has 0 aromatic heterocycles. The van der Waals surface area contributed by atoms with Crippen LogP contribution in [0.25, 0.3) is 0 Å². The Hall–Kier alpha value is -2.71. The predicted molar refractivity (Wildman–Crippen MR) is 114 cm³/mol. The summed E-state index contributed by atoms with van der Waals surface area (Å²) in [4.78, 5) is 24.7. The number of carbonyl (C=O) groups is 2. The number of hydrogen-bond acceptors (Lipinski definition) is 4. The molecule has 1 fully saturated rings. The summed E-state index contributed by atoms with van der Waals surface area (Å²) in [6, 6.07) is 12.8. The van der Waals surface area contributed by atoms with Crippen molar-refractivity contribution in [3.8, 4) is 0 Å². The van der Waals surface area contributed by atoms with E-state index in [0.717, 1.165) is 37.7 Å². The van der Waals surface area contributed by atoms with Crippen molar-refractivity contribution in [1.82, 2.24) is 15.2 Å². The summed E-state index contributed by atoms with van der Waals surface area (Å²) in [5.41, 5.74) is 6.24. The first kappa shape index (κ1) is 22.0. The van der Waals surface area contributed by atoms with Gasteiger partial charge >= 0.3 is 0 Å². The SMILES string of the molecule is Cc1ccccc1C(=O)NNC(=O)c1ccc(S(=O)(=O)N(C)C2CCCCC2)cc1. The van der Waals surface area contributed by atoms with Crippen LogP contribution in [0.5, 0.6) is 0 Å². The zero-order chi connectivity index (χ0) is 21.7. The van der Waals surface area contributed by atoms with Crippen LogP contribution < -0.4 is 10.9 Å². The second kappa shape index (κ2) is 9.40. The van der Waals surface area contributed by atoms with E-state index in [-0.39, 0.29) is 16.5 Å². The van der Waals surface area contributed by atoms with Gasteiger partial charge in [0.1, 0.15) is 0 Å². The fourth-order valence-electron chi connectivity index (χ4n) is 3.67. The van der Waals surface area contributed by atoms with Gasteiger partial charge in [0, 0.05) is 24.2 Å². The van der Waals surface area contributed by atoms with E-state index in [4.69, 9.17) is 0 Å². The maximum absolute atomic E-state index is 12.9. The minimum atomic E-state index is -3.62. The monoisotopic (exact) mass is 429 g/mol. The molecule has 3 rings (SSSR count). The highest BCUT2D eigenvalue weighted by Gasteiger charge is 2.29. The van der Waals surface area contributed by atoms with Crippen molar-refractivity contribution in [3.05, 3.63) is 65.2 Å². The van der Waals surface area contributed by atoms with Crippen LogP contribution in [0.1, 0.15) is 58.4 Å². The minimum absolute atomic E-state index is 0.0170. The molecule has 2 N–H and O–H groups in total. The van der Waals surface area contributed by atoms with Gasteiger partial charge in [-0.2, -0.15) is 4.31 Å². The van der Waals surface area contributed by atoms with Crippen molar-refractivity contribution >= 4 is 21.8 Å². The molecule has 2 amide bonds. The minimum Gasteiger partial charge on any atom is -0.267 e. The van der Waals surface area contributed by atoms with Gasteiger partial charge in [0.2, 0.25) is 10.0 Å². The van der Waals surface area contributed by atoms with Crippen LogP contribution in [0.4, 0.5) is 0 Å². The number of hydrogen-bond donors (Lipinski definition) is 2. The van der Waals surface area contributed by atoms with Crippen LogP contribution in [0.3, 0.4) is 0 Å². The Balaban J connectivity index is 1.64. The van der Waals surface area contributed by atoms with E-state index in [1.165, 1.54) is 28.6 Å². The van der Waals surface area contributed by atoms with Crippen LogP contribution in [-0.4, -0.2) is 37.6 Å². The largest absolute Gasteiger partial charge is 0.269 e. The van der Waals surface area contributed by atoms with Gasteiger partial charge in [0.15, 0.2) is 0 Å². The molecule has 2 aromatic carbocycles. The number of rotatable bonds is 5. The van der Waals surface area contributed by atoms with Crippen molar-refractivity contribution in [2.45, 2.75) is 50.0 Å². The van der Waals surface area contributed by atoms with E-state index in [1.807, 2.05) is 6.07 Å². The van der Waals surface area contributed by atoms with Crippen LogP contribution in [-0.2, 0) is 10.0 Å². The summed E-state index contributed by atoms with van der Waals surface area (Å²) >= 11 is 0. The molecule has 160 valence electrons. The molecular weight excluding hydrogens is 402 g/mol. The molecule has 1 aliphatic rings. The molecule has 1 aliphatic carbocycles. The highest BCUT2D eigenvalue weighted by atomic mass is 32.2. The fourth-order valence-corrected chi connectivity index (χ4v) is 5.08. The molecule has 0 radical (unpaired) electrons. The lowest BCUT2D eigenvalue weighted by atomic mass is 9.96. The Labute approximate surface area is 177 Å². The standard InChI is InChI=1S/C22H27N3O4S/c1-16-8-6-7-11-20(16)22(27)24-23-21(26)17-12-14-19(15-13-17)30(28,29)25(2)18-9-4-3-5-10-18/h6-8,11-15,18H,3-5,9-10H2,1-2H3,(H,23,26)(H,24,27). The first-order valence-electron chi connectivity index (χ1n) is 10.0. The van der Waals surface area contributed by atoms with Crippen LogP contribution in [0.2, 0.25) is 0 Å². The summed E-state index contributed by atoms with van der Waals surface area (Å²) in [6.07, 6.45) is 4.97. The maximum atomic E-state index is 12.9. The number of aryl methyl sites for hydroxylation is 1. The summed E-state index contributed by atoms with van der Waals surface area (Å²) < 4.78 is 27.2. The normalized spacial score (nSPS) is 15.0. The van der Waals surface area contributed by atoms with Crippen LogP contribution in [0.15, 0.2) is 53.4 Å². The third kappa shape index (κ3) is 4.88.